The van der Waals surface area contributed by atoms with Crippen LogP contribution in [0.2, 0.25) is 5.02 Å². The zero-order chi connectivity index (χ0) is 13.0. The summed E-state index contributed by atoms with van der Waals surface area (Å²) < 4.78 is 1.71. The van der Waals surface area contributed by atoms with Gasteiger partial charge in [-0.2, -0.15) is 5.10 Å². The van der Waals surface area contributed by atoms with Crippen LogP contribution in [0.4, 0.5) is 0 Å². The van der Waals surface area contributed by atoms with Crippen LogP contribution in [0, 0.1) is 6.92 Å². The van der Waals surface area contributed by atoms with Gasteiger partial charge in [0.15, 0.2) is 5.82 Å². The Morgan fingerprint density at radius 1 is 1.39 bits per heavy atom. The summed E-state index contributed by atoms with van der Waals surface area (Å²) >= 11 is 6.00. The summed E-state index contributed by atoms with van der Waals surface area (Å²) in [6, 6.07) is 5.91. The van der Waals surface area contributed by atoms with E-state index in [2.05, 4.69) is 22.3 Å². The Hall–Kier alpha value is -1.39. The molecule has 5 heteroatoms. The van der Waals surface area contributed by atoms with Crippen LogP contribution in [-0.4, -0.2) is 21.3 Å². The van der Waals surface area contributed by atoms with Gasteiger partial charge in [-0.05, 0) is 32.0 Å². The van der Waals surface area contributed by atoms with E-state index in [0.29, 0.717) is 5.02 Å². The van der Waals surface area contributed by atoms with Crippen LogP contribution in [0.15, 0.2) is 24.4 Å². The SMILES string of the molecule is CCCNCc1cccc(-n2cc(Cl)c(C)n2)n1. The van der Waals surface area contributed by atoms with Crippen LogP contribution < -0.4 is 5.32 Å². The second-order valence-electron chi connectivity index (χ2n) is 4.17. The minimum Gasteiger partial charge on any atom is -0.311 e. The topological polar surface area (TPSA) is 42.7 Å². The molecule has 0 aromatic carbocycles. The van der Waals surface area contributed by atoms with Crippen LogP contribution >= 0.6 is 11.6 Å². The molecule has 0 amide bonds. The Kier molecular flexibility index (Phi) is 4.33. The van der Waals surface area contributed by atoms with Crippen molar-refractivity contribution in [3.05, 3.63) is 40.8 Å². The third-order valence-corrected chi connectivity index (χ3v) is 2.97. The Labute approximate surface area is 112 Å². The summed E-state index contributed by atoms with van der Waals surface area (Å²) in [5.74, 6) is 0.792. The maximum atomic E-state index is 6.00. The Bertz CT molecular complexity index is 502. The summed E-state index contributed by atoms with van der Waals surface area (Å²) in [5, 5.41) is 8.31. The van der Waals surface area contributed by atoms with Crippen molar-refractivity contribution in [2.24, 2.45) is 0 Å². The first kappa shape index (κ1) is 13.1. The average Bonchev–Trinajstić information content (AvgIpc) is 2.71. The molecule has 1 N–H and O–H groups in total. The third kappa shape index (κ3) is 3.09. The Morgan fingerprint density at radius 2 is 2.22 bits per heavy atom. The van der Waals surface area contributed by atoms with Crippen molar-refractivity contribution in [2.75, 3.05) is 6.54 Å². The number of aromatic nitrogens is 3. The normalized spacial score (nSPS) is 10.8. The van der Waals surface area contributed by atoms with E-state index in [-0.39, 0.29) is 0 Å². The predicted octanol–water partition coefficient (Wildman–Crippen LogP) is 2.73. The molecule has 0 aliphatic carbocycles. The van der Waals surface area contributed by atoms with E-state index < -0.39 is 0 Å². The minimum atomic E-state index is 0.659. The minimum absolute atomic E-state index is 0.659. The van der Waals surface area contributed by atoms with Gasteiger partial charge < -0.3 is 5.32 Å². The molecule has 0 atom stereocenters. The molecule has 2 heterocycles. The van der Waals surface area contributed by atoms with E-state index in [0.717, 1.165) is 36.7 Å². The monoisotopic (exact) mass is 264 g/mol. The molecule has 2 aromatic rings. The quantitative estimate of drug-likeness (QED) is 0.845. The van der Waals surface area contributed by atoms with Crippen molar-refractivity contribution >= 4 is 11.6 Å². The fourth-order valence-corrected chi connectivity index (χ4v) is 1.77. The smallest absolute Gasteiger partial charge is 0.153 e. The maximum Gasteiger partial charge on any atom is 0.153 e. The van der Waals surface area contributed by atoms with E-state index in [9.17, 15) is 0 Å². The highest BCUT2D eigenvalue weighted by atomic mass is 35.5. The number of nitrogens with zero attached hydrogens (tertiary/aromatic N) is 3. The van der Waals surface area contributed by atoms with Crippen molar-refractivity contribution in [2.45, 2.75) is 26.8 Å². The summed E-state index contributed by atoms with van der Waals surface area (Å²) in [4.78, 5) is 4.55. The first-order valence-electron chi connectivity index (χ1n) is 6.09. The zero-order valence-corrected chi connectivity index (χ0v) is 11.4. The number of nitrogens with one attached hydrogen (secondary N) is 1. The van der Waals surface area contributed by atoms with Gasteiger partial charge in [-0.25, -0.2) is 9.67 Å². The molecule has 0 radical (unpaired) electrons. The van der Waals surface area contributed by atoms with Crippen molar-refractivity contribution in [1.29, 1.82) is 0 Å². The molecule has 0 unspecified atom stereocenters. The molecule has 0 fully saturated rings. The van der Waals surface area contributed by atoms with Crippen LogP contribution in [0.25, 0.3) is 5.82 Å². The Balaban J connectivity index is 2.16. The lowest BCUT2D eigenvalue weighted by Crippen LogP contribution is -2.15. The van der Waals surface area contributed by atoms with Crippen molar-refractivity contribution in [3.63, 3.8) is 0 Å². The number of pyridine rings is 1. The zero-order valence-electron chi connectivity index (χ0n) is 10.7. The van der Waals surface area contributed by atoms with E-state index in [1.54, 1.807) is 10.9 Å². The largest absolute Gasteiger partial charge is 0.311 e. The lowest BCUT2D eigenvalue weighted by atomic mass is 10.3. The highest BCUT2D eigenvalue weighted by Gasteiger charge is 2.05. The molecule has 2 rings (SSSR count). The molecule has 0 saturated heterocycles. The van der Waals surface area contributed by atoms with Crippen molar-refractivity contribution in [1.82, 2.24) is 20.1 Å². The molecule has 0 spiro atoms. The van der Waals surface area contributed by atoms with Gasteiger partial charge in [-0.15, -0.1) is 0 Å². The molecular formula is C13H17ClN4. The second-order valence-corrected chi connectivity index (χ2v) is 4.58. The molecular weight excluding hydrogens is 248 g/mol. The van der Waals surface area contributed by atoms with E-state index >= 15 is 0 Å². The summed E-state index contributed by atoms with van der Waals surface area (Å²) in [6.45, 7) is 5.80. The summed E-state index contributed by atoms with van der Waals surface area (Å²) in [7, 11) is 0. The van der Waals surface area contributed by atoms with Gasteiger partial charge >= 0.3 is 0 Å². The van der Waals surface area contributed by atoms with Crippen LogP contribution in [0.3, 0.4) is 0 Å². The molecule has 2 aromatic heterocycles. The fraction of sp³-hybridized carbons (Fsp3) is 0.385. The second kappa shape index (κ2) is 5.98. The number of hydrogen-bond acceptors (Lipinski definition) is 3. The van der Waals surface area contributed by atoms with Crippen LogP contribution in [0.5, 0.6) is 0 Å². The molecule has 96 valence electrons. The van der Waals surface area contributed by atoms with E-state index in [1.165, 1.54) is 0 Å². The first-order valence-corrected chi connectivity index (χ1v) is 6.47. The highest BCUT2D eigenvalue weighted by molar-refractivity contribution is 6.31. The molecule has 4 nitrogen and oxygen atoms in total. The lowest BCUT2D eigenvalue weighted by molar-refractivity contribution is 0.661. The van der Waals surface area contributed by atoms with Gasteiger partial charge in [0.2, 0.25) is 0 Å². The van der Waals surface area contributed by atoms with Gasteiger partial charge in [0, 0.05) is 6.54 Å². The van der Waals surface area contributed by atoms with Crippen molar-refractivity contribution < 1.29 is 0 Å². The van der Waals surface area contributed by atoms with Crippen LogP contribution in [-0.2, 0) is 6.54 Å². The molecule has 0 aliphatic heterocycles. The van der Waals surface area contributed by atoms with Gasteiger partial charge in [-0.3, -0.25) is 0 Å². The van der Waals surface area contributed by atoms with E-state index in [1.807, 2.05) is 25.1 Å². The molecule has 18 heavy (non-hydrogen) atoms. The molecule has 0 saturated carbocycles. The molecule has 0 aliphatic rings. The number of aryl methyl sites for hydroxylation is 1. The highest BCUT2D eigenvalue weighted by Crippen LogP contribution is 2.15. The average molecular weight is 265 g/mol. The standard InChI is InChI=1S/C13H17ClN4/c1-3-7-15-8-11-5-4-6-13(16-11)18-9-12(14)10(2)17-18/h4-6,9,15H,3,7-8H2,1-2H3. The predicted molar refractivity (Wildman–Crippen MR) is 73.1 cm³/mol. The van der Waals surface area contributed by atoms with Gasteiger partial charge in [0.05, 0.1) is 22.6 Å². The van der Waals surface area contributed by atoms with Gasteiger partial charge in [0.1, 0.15) is 0 Å². The van der Waals surface area contributed by atoms with E-state index in [4.69, 9.17) is 11.6 Å². The van der Waals surface area contributed by atoms with Gasteiger partial charge in [0.25, 0.3) is 0 Å². The van der Waals surface area contributed by atoms with Crippen LogP contribution in [0.1, 0.15) is 24.7 Å². The lowest BCUT2D eigenvalue weighted by Gasteiger charge is -2.05. The summed E-state index contributed by atoms with van der Waals surface area (Å²) in [6.07, 6.45) is 2.90. The number of rotatable bonds is 5. The number of halogens is 1. The third-order valence-electron chi connectivity index (χ3n) is 2.60. The Morgan fingerprint density at radius 3 is 2.89 bits per heavy atom. The maximum absolute atomic E-state index is 6.00. The fourth-order valence-electron chi connectivity index (χ4n) is 1.64. The van der Waals surface area contributed by atoms with Crippen molar-refractivity contribution in [3.8, 4) is 5.82 Å². The summed E-state index contributed by atoms with van der Waals surface area (Å²) in [5.41, 5.74) is 1.82. The number of hydrogen-bond donors (Lipinski definition) is 1. The first-order chi connectivity index (χ1) is 8.70. The van der Waals surface area contributed by atoms with Gasteiger partial charge in [-0.1, -0.05) is 24.6 Å². The molecule has 0 bridgehead atoms.